The maximum atomic E-state index is 12.9. The first-order valence-electron chi connectivity index (χ1n) is 8.05. The number of aromatic nitrogens is 1. The van der Waals surface area contributed by atoms with Gasteiger partial charge in [-0.3, -0.25) is 4.79 Å². The number of carbonyl (C=O) groups excluding carboxylic acids is 1. The van der Waals surface area contributed by atoms with Crippen LogP contribution in [0.2, 0.25) is 0 Å². The Bertz CT molecular complexity index is 696. The third-order valence-corrected chi connectivity index (χ3v) is 8.07. The summed E-state index contributed by atoms with van der Waals surface area (Å²) in [5, 5.41) is 4.46. The summed E-state index contributed by atoms with van der Waals surface area (Å²) in [6.07, 6.45) is 0.870. The highest BCUT2D eigenvalue weighted by Crippen LogP contribution is 2.30. The molecule has 1 aromatic heterocycles. The van der Waals surface area contributed by atoms with Gasteiger partial charge in [-0.25, -0.2) is 13.4 Å². The number of hydrogen-bond donors (Lipinski definition) is 1. The number of ether oxygens (including phenoxy) is 1. The van der Waals surface area contributed by atoms with Gasteiger partial charge in [-0.15, -0.1) is 11.3 Å². The summed E-state index contributed by atoms with van der Waals surface area (Å²) in [5.74, 6) is -0.538. The van der Waals surface area contributed by atoms with Gasteiger partial charge in [0.05, 0.1) is 10.9 Å². The molecule has 2 heterocycles. The van der Waals surface area contributed by atoms with Crippen LogP contribution in [-0.4, -0.2) is 42.5 Å². The molecule has 1 saturated heterocycles. The molecule has 136 valence electrons. The number of nitrogens with zero attached hydrogens (tertiary/aromatic N) is 1. The summed E-state index contributed by atoms with van der Waals surface area (Å²) in [6, 6.07) is 0. The number of rotatable bonds is 4. The zero-order chi connectivity index (χ0) is 18.2. The Morgan fingerprint density at radius 2 is 1.83 bits per heavy atom. The van der Waals surface area contributed by atoms with Crippen LogP contribution < -0.4 is 5.32 Å². The monoisotopic (exact) mass is 374 g/mol. The van der Waals surface area contributed by atoms with Gasteiger partial charge in [-0.2, -0.15) is 0 Å². The topological polar surface area (TPSA) is 85.4 Å². The van der Waals surface area contributed by atoms with E-state index in [9.17, 15) is 13.2 Å². The minimum absolute atomic E-state index is 0.122. The molecule has 1 aliphatic heterocycles. The molecule has 6 nitrogen and oxygen atoms in total. The van der Waals surface area contributed by atoms with E-state index >= 15 is 0 Å². The summed E-state index contributed by atoms with van der Waals surface area (Å²) in [4.78, 5) is 17.0. The van der Waals surface area contributed by atoms with Crippen LogP contribution in [0.5, 0.6) is 0 Å². The third-order valence-electron chi connectivity index (χ3n) is 4.36. The first-order chi connectivity index (χ1) is 11.0. The van der Waals surface area contributed by atoms with Crippen LogP contribution in [0.4, 0.5) is 5.13 Å². The van der Waals surface area contributed by atoms with Gasteiger partial charge in [0.1, 0.15) is 4.75 Å². The Morgan fingerprint density at radius 3 is 2.33 bits per heavy atom. The van der Waals surface area contributed by atoms with Crippen molar-refractivity contribution < 1.29 is 17.9 Å². The largest absolute Gasteiger partial charge is 0.381 e. The van der Waals surface area contributed by atoms with Gasteiger partial charge in [0.25, 0.3) is 0 Å². The second-order valence-electron chi connectivity index (χ2n) is 7.61. The lowest BCUT2D eigenvalue weighted by molar-refractivity contribution is -0.117. The lowest BCUT2D eigenvalue weighted by Gasteiger charge is -2.30. The molecule has 1 amide bonds. The second-order valence-corrected chi connectivity index (χ2v) is 11.2. The van der Waals surface area contributed by atoms with Gasteiger partial charge in [0, 0.05) is 24.0 Å². The third kappa shape index (κ3) is 3.81. The van der Waals surface area contributed by atoms with E-state index in [0.717, 1.165) is 5.69 Å². The molecule has 0 spiro atoms. The number of carbonyl (C=O) groups is 1. The summed E-state index contributed by atoms with van der Waals surface area (Å²) in [5.41, 5.74) is 0.747. The standard InChI is InChI=1S/C16H26N2O4S2/c1-15(2,3)12-10-23-14(17-12)18-13(19)16(4,5)24(20,21)11-6-8-22-9-7-11/h10-11H,6-9H2,1-5H3,(H,17,18,19). The van der Waals surface area contributed by atoms with Crippen molar-refractivity contribution in [1.82, 2.24) is 4.98 Å². The van der Waals surface area contributed by atoms with Crippen LogP contribution in [0, 0.1) is 0 Å². The number of amides is 1. The quantitative estimate of drug-likeness (QED) is 0.876. The highest BCUT2D eigenvalue weighted by Gasteiger charge is 2.46. The van der Waals surface area contributed by atoms with Crippen molar-refractivity contribution in [1.29, 1.82) is 0 Å². The van der Waals surface area contributed by atoms with Crippen molar-refractivity contribution >= 4 is 32.2 Å². The zero-order valence-corrected chi connectivity index (χ0v) is 16.5. The molecule has 0 aliphatic carbocycles. The fourth-order valence-corrected chi connectivity index (χ4v) is 5.34. The number of sulfone groups is 1. The lowest BCUT2D eigenvalue weighted by atomic mass is 9.93. The summed E-state index contributed by atoms with van der Waals surface area (Å²) >= 11 is 1.31. The Kier molecular flexibility index (Phi) is 5.42. The van der Waals surface area contributed by atoms with Gasteiger partial charge >= 0.3 is 0 Å². The molecule has 0 aromatic carbocycles. The van der Waals surface area contributed by atoms with E-state index in [0.29, 0.717) is 31.2 Å². The molecule has 0 unspecified atom stereocenters. The van der Waals surface area contributed by atoms with E-state index in [-0.39, 0.29) is 5.41 Å². The van der Waals surface area contributed by atoms with Crippen molar-refractivity contribution in [2.24, 2.45) is 0 Å². The molecule has 0 bridgehead atoms. The van der Waals surface area contributed by atoms with Crippen LogP contribution in [0.1, 0.15) is 53.2 Å². The van der Waals surface area contributed by atoms with Crippen LogP contribution in [0.15, 0.2) is 5.38 Å². The van der Waals surface area contributed by atoms with E-state index < -0.39 is 25.7 Å². The maximum absolute atomic E-state index is 12.9. The van der Waals surface area contributed by atoms with Crippen molar-refractivity contribution in [3.05, 3.63) is 11.1 Å². The van der Waals surface area contributed by atoms with Gasteiger partial charge in [0.15, 0.2) is 15.0 Å². The molecule has 2 rings (SSSR count). The van der Waals surface area contributed by atoms with Crippen molar-refractivity contribution in [2.45, 2.75) is 62.9 Å². The molecule has 1 aliphatic rings. The number of thiazole rings is 1. The predicted octanol–water partition coefficient (Wildman–Crippen LogP) is 2.75. The van der Waals surface area contributed by atoms with Crippen molar-refractivity contribution in [3.8, 4) is 0 Å². The molecule has 24 heavy (non-hydrogen) atoms. The summed E-state index contributed by atoms with van der Waals surface area (Å²) < 4.78 is 29.5. The van der Waals surface area contributed by atoms with Gasteiger partial charge < -0.3 is 10.1 Å². The van der Waals surface area contributed by atoms with Gasteiger partial charge in [-0.1, -0.05) is 20.8 Å². The lowest BCUT2D eigenvalue weighted by Crippen LogP contribution is -2.50. The molecular weight excluding hydrogens is 348 g/mol. The number of nitrogens with one attached hydrogen (secondary N) is 1. The highest BCUT2D eigenvalue weighted by atomic mass is 32.2. The van der Waals surface area contributed by atoms with Crippen molar-refractivity contribution in [2.75, 3.05) is 18.5 Å². The SMILES string of the molecule is CC(C)(C)c1csc(NC(=O)C(C)(C)S(=O)(=O)C2CCOCC2)n1. The molecule has 1 aromatic rings. The molecule has 0 saturated carbocycles. The number of anilines is 1. The second kappa shape index (κ2) is 6.72. The van der Waals surface area contributed by atoms with Crippen LogP contribution in [0.25, 0.3) is 0 Å². The van der Waals surface area contributed by atoms with Gasteiger partial charge in [0.2, 0.25) is 5.91 Å². The molecule has 0 radical (unpaired) electrons. The Hall–Kier alpha value is -0.990. The zero-order valence-electron chi connectivity index (χ0n) is 14.9. The minimum atomic E-state index is -3.62. The first-order valence-corrected chi connectivity index (χ1v) is 10.5. The van der Waals surface area contributed by atoms with Crippen LogP contribution in [-0.2, 0) is 24.8 Å². The number of hydrogen-bond acceptors (Lipinski definition) is 6. The fraction of sp³-hybridized carbons (Fsp3) is 0.750. The summed E-state index contributed by atoms with van der Waals surface area (Å²) in [6.45, 7) is 9.87. The highest BCUT2D eigenvalue weighted by molar-refractivity contribution is 7.94. The smallest absolute Gasteiger partial charge is 0.247 e. The molecular formula is C16H26N2O4S2. The van der Waals surface area contributed by atoms with Crippen molar-refractivity contribution in [3.63, 3.8) is 0 Å². The first kappa shape index (κ1) is 19.3. The van der Waals surface area contributed by atoms with E-state index in [2.05, 4.69) is 10.3 Å². The van der Waals surface area contributed by atoms with E-state index in [1.54, 1.807) is 0 Å². The minimum Gasteiger partial charge on any atom is -0.381 e. The fourth-order valence-electron chi connectivity index (χ4n) is 2.46. The van der Waals surface area contributed by atoms with E-state index in [1.165, 1.54) is 25.2 Å². The molecule has 8 heteroatoms. The summed E-state index contributed by atoms with van der Waals surface area (Å²) in [7, 11) is -3.62. The normalized spacial score (nSPS) is 17.7. The average Bonchev–Trinajstić information content (AvgIpc) is 2.96. The van der Waals surface area contributed by atoms with Gasteiger partial charge in [-0.05, 0) is 26.7 Å². The molecule has 0 atom stereocenters. The predicted molar refractivity (Wildman–Crippen MR) is 96.3 cm³/mol. The van der Waals surface area contributed by atoms with Crippen LogP contribution >= 0.6 is 11.3 Å². The Morgan fingerprint density at radius 1 is 1.25 bits per heavy atom. The molecule has 1 N–H and O–H groups in total. The van der Waals surface area contributed by atoms with E-state index in [1.807, 2.05) is 26.2 Å². The average molecular weight is 375 g/mol. The Balaban J connectivity index is 2.16. The van der Waals surface area contributed by atoms with E-state index in [4.69, 9.17) is 4.74 Å². The maximum Gasteiger partial charge on any atom is 0.247 e. The Labute approximate surface area is 147 Å². The molecule has 1 fully saturated rings. The van der Waals surface area contributed by atoms with Crippen LogP contribution in [0.3, 0.4) is 0 Å².